The third-order valence-corrected chi connectivity index (χ3v) is 3.53. The molecule has 2 fully saturated rings. The number of piperidine rings is 2. The lowest BCUT2D eigenvalue weighted by molar-refractivity contribution is -0.134. The van der Waals surface area contributed by atoms with Crippen LogP contribution in [0.2, 0.25) is 0 Å². The topological polar surface area (TPSA) is 69.6 Å². The summed E-state index contributed by atoms with van der Waals surface area (Å²) in [4.78, 5) is 23.9. The van der Waals surface area contributed by atoms with Crippen LogP contribution in [0.3, 0.4) is 0 Å². The van der Waals surface area contributed by atoms with E-state index >= 15 is 0 Å². The SMILES string of the molecule is O=C(O)N1CCC2(CCCNC2)C(=O)C1. The van der Waals surface area contributed by atoms with Crippen LogP contribution in [-0.2, 0) is 4.79 Å². The van der Waals surface area contributed by atoms with Crippen molar-refractivity contribution >= 4 is 11.9 Å². The summed E-state index contributed by atoms with van der Waals surface area (Å²) in [6.07, 6.45) is 1.61. The molecule has 2 rings (SSSR count). The van der Waals surface area contributed by atoms with E-state index < -0.39 is 6.09 Å². The second-order valence-electron chi connectivity index (χ2n) is 4.44. The minimum atomic E-state index is -0.984. The zero-order valence-corrected chi connectivity index (χ0v) is 8.66. The lowest BCUT2D eigenvalue weighted by Gasteiger charge is -2.42. The number of carbonyl (C=O) groups is 2. The molecule has 15 heavy (non-hydrogen) atoms. The van der Waals surface area contributed by atoms with Crippen LogP contribution in [-0.4, -0.2) is 48.1 Å². The molecule has 1 atom stereocenters. The molecular formula is C10H16N2O3. The second-order valence-corrected chi connectivity index (χ2v) is 4.44. The van der Waals surface area contributed by atoms with Crippen LogP contribution in [0.15, 0.2) is 0 Å². The summed E-state index contributed by atoms with van der Waals surface area (Å²) in [5.41, 5.74) is -0.274. The van der Waals surface area contributed by atoms with Crippen molar-refractivity contribution in [1.82, 2.24) is 10.2 Å². The van der Waals surface area contributed by atoms with Gasteiger partial charge < -0.3 is 15.3 Å². The predicted molar refractivity (Wildman–Crippen MR) is 53.8 cm³/mol. The number of likely N-dealkylation sites (tertiary alicyclic amines) is 1. The standard InChI is InChI=1S/C10H16N2O3/c13-8-6-12(9(14)15)5-3-10(8)2-1-4-11-7-10/h11H,1-7H2,(H,14,15). The first-order valence-corrected chi connectivity index (χ1v) is 5.36. The van der Waals surface area contributed by atoms with Gasteiger partial charge in [-0.3, -0.25) is 4.79 Å². The maximum Gasteiger partial charge on any atom is 0.407 e. The Morgan fingerprint density at radius 1 is 1.47 bits per heavy atom. The number of nitrogens with zero attached hydrogens (tertiary/aromatic N) is 1. The summed E-state index contributed by atoms with van der Waals surface area (Å²) in [6.45, 7) is 2.25. The van der Waals surface area contributed by atoms with Gasteiger partial charge >= 0.3 is 6.09 Å². The highest BCUT2D eigenvalue weighted by Gasteiger charge is 2.43. The second kappa shape index (κ2) is 3.81. The highest BCUT2D eigenvalue weighted by atomic mass is 16.4. The number of amides is 1. The highest BCUT2D eigenvalue weighted by Crippen LogP contribution is 2.34. The van der Waals surface area contributed by atoms with Crippen molar-refractivity contribution in [2.75, 3.05) is 26.2 Å². The van der Waals surface area contributed by atoms with E-state index in [1.54, 1.807) is 0 Å². The quantitative estimate of drug-likeness (QED) is 0.606. The molecule has 0 bridgehead atoms. The average Bonchev–Trinajstić information content (AvgIpc) is 2.23. The van der Waals surface area contributed by atoms with Gasteiger partial charge in [-0.25, -0.2) is 4.79 Å². The fourth-order valence-electron chi connectivity index (χ4n) is 2.49. The van der Waals surface area contributed by atoms with E-state index in [0.29, 0.717) is 13.0 Å². The van der Waals surface area contributed by atoms with E-state index in [1.165, 1.54) is 4.90 Å². The normalized spacial score (nSPS) is 32.0. The van der Waals surface area contributed by atoms with Crippen molar-refractivity contribution in [3.05, 3.63) is 0 Å². The first kappa shape index (κ1) is 10.4. The maximum atomic E-state index is 11.9. The third-order valence-electron chi connectivity index (χ3n) is 3.53. The van der Waals surface area contributed by atoms with Crippen molar-refractivity contribution in [3.8, 4) is 0 Å². The monoisotopic (exact) mass is 212 g/mol. The molecule has 0 saturated carbocycles. The number of rotatable bonds is 0. The smallest absolute Gasteiger partial charge is 0.407 e. The van der Waals surface area contributed by atoms with Gasteiger partial charge in [-0.1, -0.05) is 0 Å². The van der Waals surface area contributed by atoms with Gasteiger partial charge in [0.05, 0.1) is 6.54 Å². The molecule has 1 spiro atoms. The number of ketones is 1. The van der Waals surface area contributed by atoms with Crippen LogP contribution in [0.4, 0.5) is 4.79 Å². The van der Waals surface area contributed by atoms with Crippen molar-refractivity contribution < 1.29 is 14.7 Å². The number of carbonyl (C=O) groups excluding carboxylic acids is 1. The molecule has 5 heteroatoms. The van der Waals surface area contributed by atoms with Gasteiger partial charge in [0, 0.05) is 18.5 Å². The van der Waals surface area contributed by atoms with Crippen molar-refractivity contribution in [1.29, 1.82) is 0 Å². The molecular weight excluding hydrogens is 196 g/mol. The van der Waals surface area contributed by atoms with Crippen LogP contribution in [0.25, 0.3) is 0 Å². The van der Waals surface area contributed by atoms with Gasteiger partial charge in [-0.05, 0) is 25.8 Å². The maximum absolute atomic E-state index is 11.9. The first-order valence-electron chi connectivity index (χ1n) is 5.36. The lowest BCUT2D eigenvalue weighted by atomic mass is 9.72. The zero-order valence-electron chi connectivity index (χ0n) is 8.66. The molecule has 1 amide bonds. The summed E-state index contributed by atoms with van der Waals surface area (Å²) in [6, 6.07) is 0. The number of Topliss-reactive ketones (excluding diaryl/α,β-unsaturated/α-hetero) is 1. The molecule has 2 aliphatic heterocycles. The van der Waals surface area contributed by atoms with Crippen molar-refractivity contribution in [2.45, 2.75) is 19.3 Å². The summed E-state index contributed by atoms with van der Waals surface area (Å²) < 4.78 is 0. The van der Waals surface area contributed by atoms with Crippen LogP contribution < -0.4 is 5.32 Å². The Bertz CT molecular complexity index is 284. The first-order chi connectivity index (χ1) is 7.14. The van der Waals surface area contributed by atoms with Crippen LogP contribution >= 0.6 is 0 Å². The van der Waals surface area contributed by atoms with E-state index in [2.05, 4.69) is 5.32 Å². The zero-order chi connectivity index (χ0) is 10.9. The van der Waals surface area contributed by atoms with Gasteiger partial charge in [0.1, 0.15) is 0 Å². The molecule has 2 saturated heterocycles. The Labute approximate surface area is 88.4 Å². The molecule has 2 aliphatic rings. The molecule has 0 radical (unpaired) electrons. The Kier molecular flexibility index (Phi) is 2.65. The summed E-state index contributed by atoms with van der Waals surface area (Å²) in [7, 11) is 0. The van der Waals surface area contributed by atoms with Crippen LogP contribution in [0.1, 0.15) is 19.3 Å². The molecule has 5 nitrogen and oxygen atoms in total. The largest absolute Gasteiger partial charge is 0.465 e. The van der Waals surface area contributed by atoms with Gasteiger partial charge in [-0.15, -0.1) is 0 Å². The lowest BCUT2D eigenvalue weighted by Crippen LogP contribution is -2.55. The fourth-order valence-corrected chi connectivity index (χ4v) is 2.49. The van der Waals surface area contributed by atoms with Gasteiger partial charge in [0.25, 0.3) is 0 Å². The number of nitrogens with one attached hydrogen (secondary N) is 1. The minimum absolute atomic E-state index is 0.0665. The van der Waals surface area contributed by atoms with E-state index in [4.69, 9.17) is 5.11 Å². The van der Waals surface area contributed by atoms with Crippen molar-refractivity contribution in [2.24, 2.45) is 5.41 Å². The third kappa shape index (κ3) is 1.84. The Morgan fingerprint density at radius 2 is 2.27 bits per heavy atom. The number of hydrogen-bond acceptors (Lipinski definition) is 3. The summed E-state index contributed by atoms with van der Waals surface area (Å²) in [5.74, 6) is 0.0864. The molecule has 2 N–H and O–H groups in total. The molecule has 0 aromatic heterocycles. The number of carboxylic acid groups (broad SMARTS) is 1. The van der Waals surface area contributed by atoms with Gasteiger partial charge in [-0.2, -0.15) is 0 Å². The Balaban J connectivity index is 2.05. The molecule has 1 unspecified atom stereocenters. The molecule has 0 aromatic carbocycles. The van der Waals surface area contributed by atoms with Gasteiger partial charge in [0.2, 0.25) is 0 Å². The summed E-state index contributed by atoms with van der Waals surface area (Å²) in [5, 5.41) is 12.0. The van der Waals surface area contributed by atoms with E-state index in [0.717, 1.165) is 25.9 Å². The Hall–Kier alpha value is -1.10. The molecule has 2 heterocycles. The number of hydrogen-bond donors (Lipinski definition) is 2. The minimum Gasteiger partial charge on any atom is -0.465 e. The molecule has 0 aromatic rings. The summed E-state index contributed by atoms with van der Waals surface area (Å²) >= 11 is 0. The average molecular weight is 212 g/mol. The van der Waals surface area contributed by atoms with E-state index in [1.807, 2.05) is 0 Å². The van der Waals surface area contributed by atoms with Crippen LogP contribution in [0.5, 0.6) is 0 Å². The Morgan fingerprint density at radius 3 is 2.80 bits per heavy atom. The van der Waals surface area contributed by atoms with Crippen molar-refractivity contribution in [3.63, 3.8) is 0 Å². The van der Waals surface area contributed by atoms with E-state index in [-0.39, 0.29) is 17.7 Å². The predicted octanol–water partition coefficient (Wildman–Crippen LogP) is 0.309. The molecule has 84 valence electrons. The van der Waals surface area contributed by atoms with Crippen LogP contribution in [0, 0.1) is 5.41 Å². The highest BCUT2D eigenvalue weighted by molar-refractivity contribution is 5.90. The van der Waals surface area contributed by atoms with E-state index in [9.17, 15) is 9.59 Å². The van der Waals surface area contributed by atoms with Gasteiger partial charge in [0.15, 0.2) is 5.78 Å². The fraction of sp³-hybridized carbons (Fsp3) is 0.800. The molecule has 0 aliphatic carbocycles.